The summed E-state index contributed by atoms with van der Waals surface area (Å²) in [7, 11) is 3.05. The lowest BCUT2D eigenvalue weighted by atomic mass is 9.57. The number of hydrogen-bond acceptors (Lipinski definition) is 9. The van der Waals surface area contributed by atoms with Gasteiger partial charge in [-0.25, -0.2) is 4.79 Å². The number of fused-ring (bicyclic) bond motifs is 3. The number of aliphatic hydroxyl groups is 3. The number of carbonyl (C=O) groups is 4. The molecule has 11 nitrogen and oxygen atoms in total. The molecular formula is C28H26N2O9. The van der Waals surface area contributed by atoms with Gasteiger partial charge in [-0.3, -0.25) is 19.3 Å². The first kappa shape index (κ1) is 26.1. The van der Waals surface area contributed by atoms with Crippen LogP contribution in [0.1, 0.15) is 27.9 Å². The number of benzene rings is 2. The predicted molar refractivity (Wildman–Crippen MR) is 137 cm³/mol. The van der Waals surface area contributed by atoms with Gasteiger partial charge in [-0.2, -0.15) is 0 Å². The zero-order valence-corrected chi connectivity index (χ0v) is 21.0. The van der Waals surface area contributed by atoms with Crippen LogP contribution in [0, 0.1) is 11.8 Å². The maximum absolute atomic E-state index is 13.9. The number of hydrogen-bond donors (Lipinski definition) is 6. The molecule has 0 saturated heterocycles. The molecule has 1 saturated carbocycles. The number of phenolic OH excluding ortho intramolecular Hbond substituents is 1. The summed E-state index contributed by atoms with van der Waals surface area (Å²) in [5, 5.41) is 54.0. The number of aliphatic hydroxyl groups excluding tert-OH is 2. The standard InChI is InChI=1S/C28H26N2O9/c1-30(2)21-16-10-13-9-15-14(11-4-3-5-12(8-11)27(37)38)6-7-17(31)19(15)22(32)18(13)24(34)28(16,39)25(35)20(23(21)33)26(29)36/h3-8,13,16,21,31-32,35,39H,9-10H2,1-2H3,(H2,29,36)(H,37,38). The summed E-state index contributed by atoms with van der Waals surface area (Å²) in [4.78, 5) is 52.1. The Morgan fingerprint density at radius 1 is 1.08 bits per heavy atom. The van der Waals surface area contributed by atoms with E-state index in [1.54, 1.807) is 18.2 Å². The van der Waals surface area contributed by atoms with Crippen LogP contribution in [0.5, 0.6) is 5.75 Å². The van der Waals surface area contributed by atoms with Gasteiger partial charge in [-0.05, 0) is 67.7 Å². The predicted octanol–water partition coefficient (Wildman–Crippen LogP) is 1.33. The zero-order valence-electron chi connectivity index (χ0n) is 21.0. The molecule has 1 fully saturated rings. The van der Waals surface area contributed by atoms with Crippen molar-refractivity contribution in [1.82, 2.24) is 4.90 Å². The van der Waals surface area contributed by atoms with Gasteiger partial charge in [-0.15, -0.1) is 0 Å². The molecule has 4 unspecified atom stereocenters. The summed E-state index contributed by atoms with van der Waals surface area (Å²) in [5.41, 5.74) is 2.93. The van der Waals surface area contributed by atoms with Gasteiger partial charge in [0.05, 0.1) is 17.2 Å². The van der Waals surface area contributed by atoms with E-state index in [2.05, 4.69) is 0 Å². The topological polar surface area (TPSA) is 199 Å². The van der Waals surface area contributed by atoms with Gasteiger partial charge < -0.3 is 31.3 Å². The number of carboxylic acid groups (broad SMARTS) is 1. The minimum absolute atomic E-state index is 0.0329. The van der Waals surface area contributed by atoms with Crippen LogP contribution in [0.25, 0.3) is 16.9 Å². The molecule has 2 aromatic carbocycles. The van der Waals surface area contributed by atoms with Gasteiger partial charge in [0.25, 0.3) is 5.91 Å². The highest BCUT2D eigenvalue weighted by atomic mass is 16.4. The van der Waals surface area contributed by atoms with Crippen molar-refractivity contribution in [2.45, 2.75) is 24.5 Å². The summed E-state index contributed by atoms with van der Waals surface area (Å²) in [5.74, 6) is -8.40. The van der Waals surface area contributed by atoms with E-state index in [9.17, 15) is 44.7 Å². The van der Waals surface area contributed by atoms with E-state index < -0.39 is 64.0 Å². The van der Waals surface area contributed by atoms with Crippen LogP contribution in [-0.2, 0) is 20.8 Å². The number of nitrogens with zero attached hydrogens (tertiary/aromatic N) is 1. The summed E-state index contributed by atoms with van der Waals surface area (Å²) in [6.07, 6.45) is 0.0472. The number of nitrogens with two attached hydrogens (primary N) is 1. The summed E-state index contributed by atoms with van der Waals surface area (Å²) in [6.45, 7) is 0. The second-order valence-corrected chi connectivity index (χ2v) is 10.3. The maximum atomic E-state index is 13.9. The Balaban J connectivity index is 1.73. The van der Waals surface area contributed by atoms with E-state index in [1.165, 1.54) is 37.2 Å². The molecule has 0 aliphatic heterocycles. The Morgan fingerprint density at radius 2 is 1.77 bits per heavy atom. The van der Waals surface area contributed by atoms with Crippen LogP contribution in [0.3, 0.4) is 0 Å². The maximum Gasteiger partial charge on any atom is 0.335 e. The van der Waals surface area contributed by atoms with Crippen molar-refractivity contribution >= 4 is 29.2 Å². The number of Topliss-reactive ketones (excluding diaryl/α,β-unsaturated/α-hetero) is 2. The van der Waals surface area contributed by atoms with Crippen molar-refractivity contribution < 1.29 is 44.7 Å². The summed E-state index contributed by atoms with van der Waals surface area (Å²) in [6, 6.07) is 7.81. The molecule has 39 heavy (non-hydrogen) atoms. The van der Waals surface area contributed by atoms with Gasteiger partial charge in [0.2, 0.25) is 5.78 Å². The van der Waals surface area contributed by atoms with Crippen LogP contribution in [0.15, 0.2) is 53.3 Å². The Kier molecular flexibility index (Phi) is 5.89. The Hall–Kier alpha value is -4.48. The number of amides is 1. The molecule has 11 heteroatoms. The SMILES string of the molecule is CN(C)C1C(=O)C(C(N)=O)=C(O)C2(O)C(=O)C3=C(O)c4c(O)ccc(-c5cccc(C(=O)O)c5)c4CC3CC12. The molecular weight excluding hydrogens is 508 g/mol. The highest BCUT2D eigenvalue weighted by molar-refractivity contribution is 6.24. The van der Waals surface area contributed by atoms with Gasteiger partial charge in [-0.1, -0.05) is 18.2 Å². The third kappa shape index (κ3) is 3.57. The number of aromatic hydroxyl groups is 1. The molecule has 0 bridgehead atoms. The lowest BCUT2D eigenvalue weighted by Crippen LogP contribution is -2.65. The van der Waals surface area contributed by atoms with Gasteiger partial charge >= 0.3 is 5.97 Å². The van der Waals surface area contributed by atoms with Crippen LogP contribution < -0.4 is 5.73 Å². The molecule has 3 aliphatic carbocycles. The smallest absolute Gasteiger partial charge is 0.335 e. The van der Waals surface area contributed by atoms with Gasteiger partial charge in [0.15, 0.2) is 11.4 Å². The minimum Gasteiger partial charge on any atom is -0.508 e. The summed E-state index contributed by atoms with van der Waals surface area (Å²) >= 11 is 0. The van der Waals surface area contributed by atoms with E-state index in [0.717, 1.165) is 0 Å². The Bertz CT molecular complexity index is 1550. The fourth-order valence-electron chi connectivity index (χ4n) is 6.33. The molecule has 7 N–H and O–H groups in total. The monoisotopic (exact) mass is 534 g/mol. The number of primary amides is 1. The molecule has 202 valence electrons. The zero-order chi connectivity index (χ0) is 28.5. The first-order valence-corrected chi connectivity index (χ1v) is 12.1. The number of likely N-dealkylation sites (N-methyl/N-ethyl adjacent to an activating group) is 1. The first-order chi connectivity index (χ1) is 18.3. The van der Waals surface area contributed by atoms with Crippen LogP contribution in [-0.4, -0.2) is 79.6 Å². The fraction of sp³-hybridized carbons (Fsp3) is 0.286. The highest BCUT2D eigenvalue weighted by Crippen LogP contribution is 2.53. The second kappa shape index (κ2) is 8.79. The Morgan fingerprint density at radius 3 is 2.38 bits per heavy atom. The number of phenols is 1. The minimum atomic E-state index is -2.71. The molecule has 0 heterocycles. The number of rotatable bonds is 4. The van der Waals surface area contributed by atoms with Crippen molar-refractivity contribution in [3.05, 3.63) is 70.0 Å². The Labute approximate surface area is 222 Å². The fourth-order valence-corrected chi connectivity index (χ4v) is 6.33. The number of aromatic carboxylic acids is 1. The van der Waals surface area contributed by atoms with Crippen LogP contribution in [0.4, 0.5) is 0 Å². The van der Waals surface area contributed by atoms with Gasteiger partial charge in [0, 0.05) is 11.5 Å². The first-order valence-electron chi connectivity index (χ1n) is 12.1. The van der Waals surface area contributed by atoms with E-state index in [4.69, 9.17) is 5.73 Å². The molecule has 3 aliphatic rings. The number of carbonyl (C=O) groups excluding carboxylic acids is 3. The van der Waals surface area contributed by atoms with E-state index >= 15 is 0 Å². The molecule has 5 rings (SSSR count). The quantitative estimate of drug-likeness (QED) is 0.311. The number of carboxylic acids is 1. The van der Waals surface area contributed by atoms with Crippen molar-refractivity contribution in [2.24, 2.45) is 17.6 Å². The molecule has 4 atom stereocenters. The van der Waals surface area contributed by atoms with Gasteiger partial charge in [0.1, 0.15) is 22.8 Å². The van der Waals surface area contributed by atoms with Crippen molar-refractivity contribution in [3.8, 4) is 16.9 Å². The lowest BCUT2D eigenvalue weighted by molar-refractivity contribution is -0.153. The number of ketones is 2. The average molecular weight is 535 g/mol. The highest BCUT2D eigenvalue weighted by Gasteiger charge is 2.64. The summed E-state index contributed by atoms with van der Waals surface area (Å²) < 4.78 is 0. The lowest BCUT2D eigenvalue weighted by Gasteiger charge is -2.50. The van der Waals surface area contributed by atoms with Crippen molar-refractivity contribution in [1.29, 1.82) is 0 Å². The average Bonchev–Trinajstić information content (AvgIpc) is 2.86. The third-order valence-corrected chi connectivity index (χ3v) is 8.02. The molecule has 1 amide bonds. The normalized spacial score (nSPS) is 26.3. The molecule has 2 aromatic rings. The van der Waals surface area contributed by atoms with Crippen LogP contribution in [0.2, 0.25) is 0 Å². The second-order valence-electron chi connectivity index (χ2n) is 10.3. The van der Waals surface area contributed by atoms with Crippen molar-refractivity contribution in [2.75, 3.05) is 14.1 Å². The molecule has 0 aromatic heterocycles. The van der Waals surface area contributed by atoms with Crippen LogP contribution >= 0.6 is 0 Å². The van der Waals surface area contributed by atoms with E-state index in [-0.39, 0.29) is 35.3 Å². The van der Waals surface area contributed by atoms with E-state index in [1.807, 2.05) is 0 Å². The third-order valence-electron chi connectivity index (χ3n) is 8.02. The van der Waals surface area contributed by atoms with E-state index in [0.29, 0.717) is 16.7 Å². The van der Waals surface area contributed by atoms with Crippen molar-refractivity contribution in [3.63, 3.8) is 0 Å². The molecule has 0 radical (unpaired) electrons. The largest absolute Gasteiger partial charge is 0.508 e. The molecule has 0 spiro atoms.